The molecule has 0 unspecified atom stereocenters. The van der Waals surface area contributed by atoms with E-state index in [-0.39, 0.29) is 24.5 Å². The van der Waals surface area contributed by atoms with E-state index in [9.17, 15) is 9.90 Å². The minimum absolute atomic E-state index is 0.0581. The molecule has 1 aromatic heterocycles. The molecule has 0 aliphatic rings. The topological polar surface area (TPSA) is 84.4 Å². The summed E-state index contributed by atoms with van der Waals surface area (Å²) in [6, 6.07) is 17.2. The first-order valence-electron chi connectivity index (χ1n) is 9.01. The van der Waals surface area contributed by atoms with Crippen molar-refractivity contribution in [2.75, 3.05) is 0 Å². The molecule has 4 rings (SSSR count). The molecule has 8 heteroatoms. The number of nitrogens with one attached hydrogen (secondary N) is 1. The molecule has 0 bridgehead atoms. The van der Waals surface area contributed by atoms with Gasteiger partial charge in [0, 0.05) is 15.6 Å². The van der Waals surface area contributed by atoms with Crippen LogP contribution in [0.15, 0.2) is 60.7 Å². The van der Waals surface area contributed by atoms with E-state index in [2.05, 4.69) is 9.97 Å². The molecule has 0 aliphatic carbocycles. The minimum Gasteiger partial charge on any atom is -0.485 e. The lowest BCUT2D eigenvalue weighted by Gasteiger charge is -2.14. The van der Waals surface area contributed by atoms with Crippen molar-refractivity contribution >= 4 is 40.2 Å². The zero-order chi connectivity index (χ0) is 21.1. The maximum absolute atomic E-state index is 11.4. The first kappa shape index (κ1) is 20.1. The van der Waals surface area contributed by atoms with Gasteiger partial charge in [0.25, 0.3) is 0 Å². The normalized spacial score (nSPS) is 10.9. The second kappa shape index (κ2) is 8.65. The summed E-state index contributed by atoms with van der Waals surface area (Å²) in [5, 5.41) is 10.2. The molecule has 4 aromatic rings. The van der Waals surface area contributed by atoms with Gasteiger partial charge in [-0.1, -0.05) is 41.4 Å². The number of halogens is 2. The van der Waals surface area contributed by atoms with Crippen LogP contribution in [0.5, 0.6) is 11.5 Å². The number of ether oxygens (including phenoxy) is 2. The number of carboxylic acid groups (broad SMARTS) is 1. The predicted octanol–water partition coefficient (Wildman–Crippen LogP) is 5.73. The van der Waals surface area contributed by atoms with E-state index >= 15 is 0 Å². The molecule has 0 amide bonds. The van der Waals surface area contributed by atoms with Crippen molar-refractivity contribution in [1.29, 1.82) is 0 Å². The van der Waals surface area contributed by atoms with E-state index in [0.29, 0.717) is 27.2 Å². The van der Waals surface area contributed by atoms with Gasteiger partial charge >= 0.3 is 5.97 Å². The third kappa shape index (κ3) is 4.35. The Labute approximate surface area is 182 Å². The van der Waals surface area contributed by atoms with Crippen LogP contribution in [0.25, 0.3) is 11.0 Å². The highest BCUT2D eigenvalue weighted by Crippen LogP contribution is 2.32. The molecule has 0 spiro atoms. The largest absolute Gasteiger partial charge is 0.485 e. The van der Waals surface area contributed by atoms with Gasteiger partial charge in [0.1, 0.15) is 19.0 Å². The standard InChI is InChI=1S/C22H16Cl2N2O4/c23-15-4-3-5-16(24)14(15)11-29-20-10-13(22(27)28)8-9-19(20)30-12-21-25-17-6-1-2-7-18(17)26-21/h1-10H,11-12H2,(H,25,26)(H,27,28). The molecule has 30 heavy (non-hydrogen) atoms. The van der Waals surface area contributed by atoms with Crippen molar-refractivity contribution in [3.8, 4) is 11.5 Å². The summed E-state index contributed by atoms with van der Waals surface area (Å²) in [6.45, 7) is 0.215. The summed E-state index contributed by atoms with van der Waals surface area (Å²) < 4.78 is 11.7. The summed E-state index contributed by atoms with van der Waals surface area (Å²) >= 11 is 12.4. The van der Waals surface area contributed by atoms with E-state index in [4.69, 9.17) is 32.7 Å². The molecule has 0 atom stereocenters. The van der Waals surface area contributed by atoms with Crippen molar-refractivity contribution < 1.29 is 19.4 Å². The molecule has 0 radical (unpaired) electrons. The molecule has 2 N–H and O–H groups in total. The number of aromatic amines is 1. The molecule has 0 saturated heterocycles. The Balaban J connectivity index is 1.56. The van der Waals surface area contributed by atoms with Crippen LogP contribution in [-0.2, 0) is 13.2 Å². The number of hydrogen-bond donors (Lipinski definition) is 2. The molecule has 6 nitrogen and oxygen atoms in total. The van der Waals surface area contributed by atoms with Gasteiger partial charge in [-0.15, -0.1) is 0 Å². The van der Waals surface area contributed by atoms with Crippen LogP contribution >= 0.6 is 23.2 Å². The van der Waals surface area contributed by atoms with Gasteiger partial charge in [-0.3, -0.25) is 0 Å². The van der Waals surface area contributed by atoms with Crippen molar-refractivity contribution in [1.82, 2.24) is 9.97 Å². The van der Waals surface area contributed by atoms with Gasteiger partial charge in [-0.05, 0) is 42.5 Å². The first-order valence-corrected chi connectivity index (χ1v) is 9.76. The van der Waals surface area contributed by atoms with E-state index in [0.717, 1.165) is 11.0 Å². The number of aromatic nitrogens is 2. The second-order valence-corrected chi connectivity index (χ2v) is 7.26. The molecular formula is C22H16Cl2N2O4. The number of aromatic carboxylic acids is 1. The zero-order valence-electron chi connectivity index (χ0n) is 15.6. The monoisotopic (exact) mass is 442 g/mol. The van der Waals surface area contributed by atoms with Crippen LogP contribution in [-0.4, -0.2) is 21.0 Å². The Kier molecular flexibility index (Phi) is 5.79. The van der Waals surface area contributed by atoms with Crippen molar-refractivity contribution in [2.24, 2.45) is 0 Å². The number of fused-ring (bicyclic) bond motifs is 1. The Bertz CT molecular complexity index is 1170. The van der Waals surface area contributed by atoms with Gasteiger partial charge in [0.2, 0.25) is 0 Å². The molecule has 0 saturated carbocycles. The van der Waals surface area contributed by atoms with Crippen LogP contribution in [0.4, 0.5) is 0 Å². The fourth-order valence-electron chi connectivity index (χ4n) is 2.91. The third-order valence-electron chi connectivity index (χ3n) is 4.43. The maximum Gasteiger partial charge on any atom is 0.335 e. The van der Waals surface area contributed by atoms with Gasteiger partial charge < -0.3 is 19.6 Å². The van der Waals surface area contributed by atoms with E-state index in [1.165, 1.54) is 12.1 Å². The number of benzene rings is 3. The summed E-state index contributed by atoms with van der Waals surface area (Å²) in [7, 11) is 0. The van der Waals surface area contributed by atoms with Crippen LogP contribution in [0.1, 0.15) is 21.7 Å². The fourth-order valence-corrected chi connectivity index (χ4v) is 3.42. The van der Waals surface area contributed by atoms with Crippen LogP contribution in [0, 0.1) is 0 Å². The lowest BCUT2D eigenvalue weighted by Crippen LogP contribution is -2.04. The van der Waals surface area contributed by atoms with Crippen molar-refractivity contribution in [3.05, 3.63) is 87.7 Å². The summed E-state index contributed by atoms with van der Waals surface area (Å²) in [6.07, 6.45) is 0. The maximum atomic E-state index is 11.4. The molecule has 0 fully saturated rings. The number of carboxylic acids is 1. The number of H-pyrrole nitrogens is 1. The van der Waals surface area contributed by atoms with Crippen LogP contribution in [0.3, 0.4) is 0 Å². The smallest absolute Gasteiger partial charge is 0.335 e. The number of hydrogen-bond acceptors (Lipinski definition) is 4. The average Bonchev–Trinajstić information content (AvgIpc) is 3.15. The molecule has 152 valence electrons. The fraction of sp³-hybridized carbons (Fsp3) is 0.0909. The highest BCUT2D eigenvalue weighted by molar-refractivity contribution is 6.35. The molecule has 0 aliphatic heterocycles. The Morgan fingerprint density at radius 2 is 1.67 bits per heavy atom. The molecular weight excluding hydrogens is 427 g/mol. The number of rotatable bonds is 7. The number of carbonyl (C=O) groups is 1. The van der Waals surface area contributed by atoms with Gasteiger partial charge in [0.15, 0.2) is 11.5 Å². The zero-order valence-corrected chi connectivity index (χ0v) is 17.1. The summed E-state index contributed by atoms with van der Waals surface area (Å²) in [5.41, 5.74) is 2.42. The van der Waals surface area contributed by atoms with Crippen LogP contribution in [0.2, 0.25) is 10.0 Å². The van der Waals surface area contributed by atoms with E-state index in [1.807, 2.05) is 24.3 Å². The van der Waals surface area contributed by atoms with Crippen molar-refractivity contribution in [2.45, 2.75) is 13.2 Å². The number of para-hydroxylation sites is 2. The molecule has 3 aromatic carbocycles. The SMILES string of the molecule is O=C(O)c1ccc(OCc2nc3ccccc3[nH]2)c(OCc2c(Cl)cccc2Cl)c1. The molecule has 1 heterocycles. The van der Waals surface area contributed by atoms with Crippen molar-refractivity contribution in [3.63, 3.8) is 0 Å². The Hall–Kier alpha value is -3.22. The summed E-state index contributed by atoms with van der Waals surface area (Å²) in [5.74, 6) is 0.212. The Morgan fingerprint density at radius 1 is 0.933 bits per heavy atom. The Morgan fingerprint density at radius 3 is 2.40 bits per heavy atom. The lowest BCUT2D eigenvalue weighted by molar-refractivity contribution is 0.0696. The van der Waals surface area contributed by atoms with E-state index < -0.39 is 5.97 Å². The quantitative estimate of drug-likeness (QED) is 0.381. The lowest BCUT2D eigenvalue weighted by atomic mass is 10.2. The number of nitrogens with zero attached hydrogens (tertiary/aromatic N) is 1. The highest BCUT2D eigenvalue weighted by atomic mass is 35.5. The van der Waals surface area contributed by atoms with Gasteiger partial charge in [-0.2, -0.15) is 0 Å². The van der Waals surface area contributed by atoms with Crippen LogP contribution < -0.4 is 9.47 Å². The highest BCUT2D eigenvalue weighted by Gasteiger charge is 2.14. The minimum atomic E-state index is -1.07. The van der Waals surface area contributed by atoms with E-state index in [1.54, 1.807) is 24.3 Å². The average molecular weight is 443 g/mol. The first-order chi connectivity index (χ1) is 14.5. The third-order valence-corrected chi connectivity index (χ3v) is 5.14. The summed E-state index contributed by atoms with van der Waals surface area (Å²) in [4.78, 5) is 19.0. The predicted molar refractivity (Wildman–Crippen MR) is 115 cm³/mol. The van der Waals surface area contributed by atoms with Gasteiger partial charge in [0.05, 0.1) is 16.6 Å². The second-order valence-electron chi connectivity index (χ2n) is 6.44. The number of imidazole rings is 1. The van der Waals surface area contributed by atoms with Gasteiger partial charge in [-0.25, -0.2) is 9.78 Å².